The Kier molecular flexibility index (Phi) is 4.51. The van der Waals surface area contributed by atoms with Crippen LogP contribution in [0.25, 0.3) is 0 Å². The first-order chi connectivity index (χ1) is 5.07. The molecule has 0 spiro atoms. The Hall–Kier alpha value is -0.850. The van der Waals surface area contributed by atoms with Gasteiger partial charge in [-0.05, 0) is 32.8 Å². The molecule has 0 bridgehead atoms. The van der Waals surface area contributed by atoms with E-state index in [2.05, 4.69) is 6.58 Å². The summed E-state index contributed by atoms with van der Waals surface area (Å²) in [6.45, 7) is 9.37. The molecule has 0 aliphatic rings. The lowest BCUT2D eigenvalue weighted by molar-refractivity contribution is -0.115. The second-order valence-corrected chi connectivity index (χ2v) is 2.84. The van der Waals surface area contributed by atoms with Crippen molar-refractivity contribution < 1.29 is 4.79 Å². The van der Waals surface area contributed by atoms with E-state index in [9.17, 15) is 4.79 Å². The molecule has 0 unspecified atom stereocenters. The molecule has 62 valence electrons. The number of ketones is 1. The molecule has 0 amide bonds. The third kappa shape index (κ3) is 4.54. The summed E-state index contributed by atoms with van der Waals surface area (Å²) in [6.07, 6.45) is 3.50. The van der Waals surface area contributed by atoms with Crippen molar-refractivity contribution in [2.75, 3.05) is 0 Å². The van der Waals surface area contributed by atoms with E-state index in [0.29, 0.717) is 12.0 Å². The predicted octanol–water partition coefficient (Wildman–Crippen LogP) is 2.88. The third-order valence-electron chi connectivity index (χ3n) is 1.72. The summed E-state index contributed by atoms with van der Waals surface area (Å²) in [7, 11) is 0. The number of Topliss-reactive ketones (excluding diaryl/α,β-unsaturated/α-hetero) is 1. The Labute approximate surface area is 68.8 Å². The van der Waals surface area contributed by atoms with E-state index in [1.165, 1.54) is 5.57 Å². The molecule has 0 atom stereocenters. The molecular formula is C10H16O. The molecule has 0 aliphatic carbocycles. The quantitative estimate of drug-likeness (QED) is 0.447. The number of carbonyl (C=O) groups excluding carboxylic acids is 1. The van der Waals surface area contributed by atoms with Gasteiger partial charge in [-0.25, -0.2) is 0 Å². The summed E-state index contributed by atoms with van der Waals surface area (Å²) >= 11 is 0. The Morgan fingerprint density at radius 3 is 2.27 bits per heavy atom. The summed E-state index contributed by atoms with van der Waals surface area (Å²) in [5.41, 5.74) is 1.92. The molecule has 0 aromatic carbocycles. The van der Waals surface area contributed by atoms with E-state index in [1.807, 2.05) is 19.9 Å². The lowest BCUT2D eigenvalue weighted by Gasteiger charge is -1.98. The van der Waals surface area contributed by atoms with Crippen molar-refractivity contribution in [3.63, 3.8) is 0 Å². The highest BCUT2D eigenvalue weighted by atomic mass is 16.1. The minimum atomic E-state index is 0.172. The largest absolute Gasteiger partial charge is 0.295 e. The average Bonchev–Trinajstić information content (AvgIpc) is 1.99. The van der Waals surface area contributed by atoms with Gasteiger partial charge >= 0.3 is 0 Å². The van der Waals surface area contributed by atoms with Crippen molar-refractivity contribution in [3.8, 4) is 0 Å². The van der Waals surface area contributed by atoms with Gasteiger partial charge in [-0.15, -0.1) is 0 Å². The van der Waals surface area contributed by atoms with Gasteiger partial charge in [0.25, 0.3) is 0 Å². The number of hydrogen-bond donors (Lipinski definition) is 0. The van der Waals surface area contributed by atoms with Gasteiger partial charge in [-0.2, -0.15) is 0 Å². The van der Waals surface area contributed by atoms with Crippen LogP contribution in [0.1, 0.15) is 33.6 Å². The maximum atomic E-state index is 11.0. The van der Waals surface area contributed by atoms with E-state index < -0.39 is 0 Å². The molecule has 0 aromatic rings. The highest BCUT2D eigenvalue weighted by Gasteiger charge is 2.01. The maximum Gasteiger partial charge on any atom is 0.158 e. The smallest absolute Gasteiger partial charge is 0.158 e. The fraction of sp³-hybridized carbons (Fsp3) is 0.500. The molecule has 0 saturated heterocycles. The topological polar surface area (TPSA) is 17.1 Å². The average molecular weight is 152 g/mol. The SMILES string of the molecule is C=C(C)C(=O)CCC(C)=CC. The fourth-order valence-electron chi connectivity index (χ4n) is 0.668. The lowest BCUT2D eigenvalue weighted by Crippen LogP contribution is -1.97. The van der Waals surface area contributed by atoms with Crippen molar-refractivity contribution in [2.24, 2.45) is 0 Å². The number of hydrogen-bond acceptors (Lipinski definition) is 1. The molecule has 0 saturated carbocycles. The van der Waals surface area contributed by atoms with Crippen LogP contribution in [-0.2, 0) is 4.79 Å². The van der Waals surface area contributed by atoms with Gasteiger partial charge < -0.3 is 0 Å². The second kappa shape index (κ2) is 4.89. The van der Waals surface area contributed by atoms with Crippen LogP contribution in [0.15, 0.2) is 23.8 Å². The van der Waals surface area contributed by atoms with E-state index in [0.717, 1.165) is 6.42 Å². The number of allylic oxidation sites excluding steroid dienone is 3. The first kappa shape index (κ1) is 10.2. The zero-order valence-electron chi connectivity index (χ0n) is 7.61. The molecule has 0 N–H and O–H groups in total. The van der Waals surface area contributed by atoms with Crippen molar-refractivity contribution in [2.45, 2.75) is 33.6 Å². The first-order valence-electron chi connectivity index (χ1n) is 3.88. The van der Waals surface area contributed by atoms with Crippen molar-refractivity contribution in [3.05, 3.63) is 23.8 Å². The molecule has 1 heteroatoms. The number of rotatable bonds is 4. The van der Waals surface area contributed by atoms with E-state index >= 15 is 0 Å². The van der Waals surface area contributed by atoms with Gasteiger partial charge in [0.2, 0.25) is 0 Å². The van der Waals surface area contributed by atoms with Crippen molar-refractivity contribution in [1.82, 2.24) is 0 Å². The van der Waals surface area contributed by atoms with Crippen LogP contribution in [0.4, 0.5) is 0 Å². The van der Waals surface area contributed by atoms with Gasteiger partial charge in [0.05, 0.1) is 0 Å². The molecule has 0 radical (unpaired) electrons. The van der Waals surface area contributed by atoms with Crippen LogP contribution in [0.3, 0.4) is 0 Å². The molecule has 0 rings (SSSR count). The van der Waals surface area contributed by atoms with Crippen LogP contribution in [-0.4, -0.2) is 5.78 Å². The molecule has 0 aliphatic heterocycles. The Balaban J connectivity index is 3.72. The second-order valence-electron chi connectivity index (χ2n) is 2.84. The summed E-state index contributed by atoms with van der Waals surface area (Å²) < 4.78 is 0. The van der Waals surface area contributed by atoms with Gasteiger partial charge in [-0.3, -0.25) is 4.79 Å². The third-order valence-corrected chi connectivity index (χ3v) is 1.72. The number of carbonyl (C=O) groups is 1. The van der Waals surface area contributed by atoms with Gasteiger partial charge in [0, 0.05) is 6.42 Å². The van der Waals surface area contributed by atoms with Crippen LogP contribution in [0, 0.1) is 0 Å². The monoisotopic (exact) mass is 152 g/mol. The highest BCUT2D eigenvalue weighted by Crippen LogP contribution is 2.06. The first-order valence-corrected chi connectivity index (χ1v) is 3.88. The zero-order chi connectivity index (χ0) is 8.85. The maximum absolute atomic E-state index is 11.0. The predicted molar refractivity (Wildman–Crippen MR) is 48.5 cm³/mol. The van der Waals surface area contributed by atoms with Gasteiger partial charge in [0.1, 0.15) is 0 Å². The molecular weight excluding hydrogens is 136 g/mol. The molecule has 0 heterocycles. The summed E-state index contributed by atoms with van der Waals surface area (Å²) in [6, 6.07) is 0. The Morgan fingerprint density at radius 2 is 1.91 bits per heavy atom. The Morgan fingerprint density at radius 1 is 1.36 bits per heavy atom. The minimum Gasteiger partial charge on any atom is -0.295 e. The van der Waals surface area contributed by atoms with Crippen LogP contribution < -0.4 is 0 Å². The van der Waals surface area contributed by atoms with Gasteiger partial charge in [-0.1, -0.05) is 18.2 Å². The molecule has 0 aromatic heterocycles. The Bertz CT molecular complexity index is 187. The van der Waals surface area contributed by atoms with Crippen LogP contribution >= 0.6 is 0 Å². The fourth-order valence-corrected chi connectivity index (χ4v) is 0.668. The van der Waals surface area contributed by atoms with E-state index in [1.54, 1.807) is 6.92 Å². The lowest BCUT2D eigenvalue weighted by atomic mass is 10.1. The van der Waals surface area contributed by atoms with Crippen molar-refractivity contribution >= 4 is 5.78 Å². The summed E-state index contributed by atoms with van der Waals surface area (Å²) in [4.78, 5) is 11.0. The molecule has 1 nitrogen and oxygen atoms in total. The molecule has 11 heavy (non-hydrogen) atoms. The van der Waals surface area contributed by atoms with E-state index in [4.69, 9.17) is 0 Å². The summed E-state index contributed by atoms with van der Waals surface area (Å²) in [5.74, 6) is 0.172. The van der Waals surface area contributed by atoms with Crippen molar-refractivity contribution in [1.29, 1.82) is 0 Å². The highest BCUT2D eigenvalue weighted by molar-refractivity contribution is 5.94. The van der Waals surface area contributed by atoms with E-state index in [-0.39, 0.29) is 5.78 Å². The normalized spacial score (nSPS) is 11.4. The van der Waals surface area contributed by atoms with Gasteiger partial charge in [0.15, 0.2) is 5.78 Å². The minimum absolute atomic E-state index is 0.172. The standard InChI is InChI=1S/C10H16O/c1-5-9(4)6-7-10(11)8(2)3/h5H,2,6-7H2,1,3-4H3. The summed E-state index contributed by atoms with van der Waals surface area (Å²) in [5, 5.41) is 0. The van der Waals surface area contributed by atoms with Crippen LogP contribution in [0.2, 0.25) is 0 Å². The molecule has 0 fully saturated rings. The van der Waals surface area contributed by atoms with Crippen LogP contribution in [0.5, 0.6) is 0 Å². The zero-order valence-corrected chi connectivity index (χ0v) is 7.61.